The van der Waals surface area contributed by atoms with Crippen LogP contribution in [0.4, 0.5) is 5.69 Å². The van der Waals surface area contributed by atoms with Gasteiger partial charge in [-0.3, -0.25) is 9.78 Å². The third-order valence-electron chi connectivity index (χ3n) is 5.45. The largest absolute Gasteiger partial charge is 0.462 e. The number of aromatic nitrogens is 1. The number of nitrogens with zero attached hydrogens (tertiary/aromatic N) is 2. The Bertz CT molecular complexity index is 1110. The van der Waals surface area contributed by atoms with Crippen LogP contribution >= 0.6 is 0 Å². The van der Waals surface area contributed by atoms with Crippen LogP contribution < -0.4 is 10.6 Å². The van der Waals surface area contributed by atoms with Gasteiger partial charge >= 0.3 is 5.97 Å². The van der Waals surface area contributed by atoms with Crippen LogP contribution in [0, 0.1) is 6.92 Å². The van der Waals surface area contributed by atoms with Gasteiger partial charge in [-0.05, 0) is 37.1 Å². The van der Waals surface area contributed by atoms with E-state index < -0.39 is 17.9 Å². The number of primary amides is 1. The summed E-state index contributed by atoms with van der Waals surface area (Å²) in [5, 5.41) is 0.910. The normalized spacial score (nSPS) is 15.4. The summed E-state index contributed by atoms with van der Waals surface area (Å²) in [6.45, 7) is 4.26. The van der Waals surface area contributed by atoms with E-state index in [1.54, 1.807) is 6.92 Å². The van der Waals surface area contributed by atoms with Gasteiger partial charge in [-0.25, -0.2) is 4.79 Å². The molecular formula is C23H23N3O3. The van der Waals surface area contributed by atoms with Gasteiger partial charge in [-0.2, -0.15) is 0 Å². The highest BCUT2D eigenvalue weighted by atomic mass is 16.5. The van der Waals surface area contributed by atoms with E-state index in [0.717, 1.165) is 27.7 Å². The summed E-state index contributed by atoms with van der Waals surface area (Å²) in [6.07, 6.45) is 0.548. The van der Waals surface area contributed by atoms with Gasteiger partial charge in [-0.15, -0.1) is 0 Å². The first-order valence-corrected chi connectivity index (χ1v) is 9.70. The Morgan fingerprint density at radius 2 is 1.90 bits per heavy atom. The fourth-order valence-electron chi connectivity index (χ4n) is 4.09. The first-order chi connectivity index (χ1) is 14.0. The smallest absolute Gasteiger partial charge is 0.340 e. The van der Waals surface area contributed by atoms with Crippen LogP contribution in [0.3, 0.4) is 0 Å². The van der Waals surface area contributed by atoms with Crippen LogP contribution in [0.2, 0.25) is 0 Å². The molecule has 0 saturated carbocycles. The van der Waals surface area contributed by atoms with Crippen molar-refractivity contribution in [3.05, 3.63) is 70.9 Å². The first kappa shape index (κ1) is 18.9. The van der Waals surface area contributed by atoms with E-state index in [1.807, 2.05) is 60.4 Å². The Morgan fingerprint density at radius 1 is 1.17 bits per heavy atom. The van der Waals surface area contributed by atoms with Crippen LogP contribution in [-0.4, -0.2) is 29.5 Å². The standard InChI is InChI=1S/C23H23N3O3/c1-3-29-23(28)21-14(2)16-9-5-6-10-17(16)25-18(21)13-26-19-11-7-4-8-15(19)12-20(26)22(24)27/h4-11,20H,3,12-13H2,1-2H3,(H2,24,27)/t20-/m0/s1. The van der Waals surface area contributed by atoms with Gasteiger partial charge in [0.15, 0.2) is 0 Å². The lowest BCUT2D eigenvalue weighted by Crippen LogP contribution is -2.42. The number of rotatable bonds is 5. The first-order valence-electron chi connectivity index (χ1n) is 9.70. The van der Waals surface area contributed by atoms with Crippen LogP contribution in [0.15, 0.2) is 48.5 Å². The molecule has 1 aliphatic rings. The van der Waals surface area contributed by atoms with Gasteiger partial charge in [0.05, 0.1) is 29.9 Å². The Labute approximate surface area is 169 Å². The second kappa shape index (κ2) is 7.54. The van der Waals surface area contributed by atoms with Crippen LogP contribution in [0.1, 0.15) is 34.1 Å². The number of anilines is 1. The molecule has 0 fully saturated rings. The third kappa shape index (κ3) is 3.31. The van der Waals surface area contributed by atoms with E-state index in [1.165, 1.54) is 0 Å². The molecule has 0 radical (unpaired) electrons. The van der Waals surface area contributed by atoms with Crippen molar-refractivity contribution in [1.29, 1.82) is 0 Å². The summed E-state index contributed by atoms with van der Waals surface area (Å²) >= 11 is 0. The fraction of sp³-hybridized carbons (Fsp3) is 0.261. The molecule has 1 atom stereocenters. The van der Waals surface area contributed by atoms with E-state index in [2.05, 4.69) is 0 Å². The number of ether oxygens (including phenoxy) is 1. The number of amides is 1. The number of hydrogen-bond acceptors (Lipinski definition) is 5. The van der Waals surface area contributed by atoms with Gasteiger partial charge in [0.1, 0.15) is 6.04 Å². The predicted octanol–water partition coefficient (Wildman–Crippen LogP) is 3.14. The number of para-hydroxylation sites is 2. The fourth-order valence-corrected chi connectivity index (χ4v) is 4.09. The van der Waals surface area contributed by atoms with Crippen LogP contribution in [0.25, 0.3) is 10.9 Å². The van der Waals surface area contributed by atoms with Crippen molar-refractivity contribution in [3.8, 4) is 0 Å². The van der Waals surface area contributed by atoms with E-state index in [0.29, 0.717) is 24.2 Å². The SMILES string of the molecule is CCOC(=O)c1c(CN2c3ccccc3C[C@H]2C(N)=O)nc2ccccc2c1C. The number of carbonyl (C=O) groups excluding carboxylic acids is 2. The molecule has 29 heavy (non-hydrogen) atoms. The molecule has 4 rings (SSSR count). The average Bonchev–Trinajstić information content (AvgIpc) is 3.07. The van der Waals surface area contributed by atoms with Crippen molar-refractivity contribution >= 4 is 28.5 Å². The molecule has 1 aliphatic heterocycles. The van der Waals surface area contributed by atoms with Crippen molar-refractivity contribution in [3.63, 3.8) is 0 Å². The highest BCUT2D eigenvalue weighted by Crippen LogP contribution is 2.34. The minimum atomic E-state index is -0.476. The quantitative estimate of drug-likeness (QED) is 0.678. The maximum absolute atomic E-state index is 12.8. The van der Waals surface area contributed by atoms with Gasteiger partial charge < -0.3 is 15.4 Å². The lowest BCUT2D eigenvalue weighted by molar-refractivity contribution is -0.119. The molecule has 0 aliphatic carbocycles. The maximum Gasteiger partial charge on any atom is 0.340 e. The van der Waals surface area contributed by atoms with Gasteiger partial charge in [0.25, 0.3) is 0 Å². The molecule has 148 valence electrons. The summed E-state index contributed by atoms with van der Waals surface area (Å²) in [4.78, 5) is 31.6. The third-order valence-corrected chi connectivity index (χ3v) is 5.45. The topological polar surface area (TPSA) is 85.5 Å². The van der Waals surface area contributed by atoms with Gasteiger partial charge in [-0.1, -0.05) is 36.4 Å². The zero-order valence-corrected chi connectivity index (χ0v) is 16.5. The van der Waals surface area contributed by atoms with Crippen molar-refractivity contribution in [2.75, 3.05) is 11.5 Å². The zero-order valence-electron chi connectivity index (χ0n) is 16.5. The molecule has 6 heteroatoms. The molecule has 6 nitrogen and oxygen atoms in total. The van der Waals surface area contributed by atoms with E-state index in [-0.39, 0.29) is 6.61 Å². The second-order valence-corrected chi connectivity index (χ2v) is 7.18. The lowest BCUT2D eigenvalue weighted by Gasteiger charge is -2.26. The number of esters is 1. The molecule has 3 aromatic rings. The van der Waals surface area contributed by atoms with Gasteiger partial charge in [0.2, 0.25) is 5.91 Å². The molecular weight excluding hydrogens is 366 g/mol. The minimum absolute atomic E-state index is 0.279. The second-order valence-electron chi connectivity index (χ2n) is 7.18. The number of fused-ring (bicyclic) bond motifs is 2. The van der Waals surface area contributed by atoms with E-state index in [9.17, 15) is 9.59 Å². The molecule has 1 amide bonds. The maximum atomic E-state index is 12.8. The Morgan fingerprint density at radius 3 is 2.66 bits per heavy atom. The highest BCUT2D eigenvalue weighted by Gasteiger charge is 2.34. The lowest BCUT2D eigenvalue weighted by atomic mass is 10.0. The van der Waals surface area contributed by atoms with Gasteiger partial charge in [0, 0.05) is 17.5 Å². The molecule has 1 aromatic heterocycles. The number of aryl methyl sites for hydroxylation is 1. The average molecular weight is 389 g/mol. The Kier molecular flexibility index (Phi) is 4.92. The molecule has 0 unspecified atom stereocenters. The minimum Gasteiger partial charge on any atom is -0.462 e. The summed E-state index contributed by atoms with van der Waals surface area (Å²) < 4.78 is 5.32. The predicted molar refractivity (Wildman–Crippen MR) is 112 cm³/mol. The van der Waals surface area contributed by atoms with Crippen molar-refractivity contribution in [2.24, 2.45) is 5.73 Å². The molecule has 0 spiro atoms. The zero-order chi connectivity index (χ0) is 20.5. The van der Waals surface area contributed by atoms with E-state index in [4.69, 9.17) is 15.5 Å². The summed E-state index contributed by atoms with van der Waals surface area (Å²) in [5.41, 5.74) is 10.4. The molecule has 2 N–H and O–H groups in total. The molecule has 2 aromatic carbocycles. The van der Waals surface area contributed by atoms with Crippen molar-refractivity contribution in [2.45, 2.75) is 32.9 Å². The van der Waals surface area contributed by atoms with Crippen molar-refractivity contribution in [1.82, 2.24) is 4.98 Å². The molecule has 0 saturated heterocycles. The Hall–Kier alpha value is -3.41. The Balaban J connectivity index is 1.85. The number of nitrogens with two attached hydrogens (primary N) is 1. The number of carbonyl (C=O) groups is 2. The monoisotopic (exact) mass is 389 g/mol. The molecule has 2 heterocycles. The number of hydrogen-bond donors (Lipinski definition) is 1. The summed E-state index contributed by atoms with van der Waals surface area (Å²) in [7, 11) is 0. The van der Waals surface area contributed by atoms with Crippen molar-refractivity contribution < 1.29 is 14.3 Å². The van der Waals surface area contributed by atoms with Crippen LogP contribution in [0.5, 0.6) is 0 Å². The van der Waals surface area contributed by atoms with E-state index >= 15 is 0 Å². The molecule has 0 bridgehead atoms. The highest BCUT2D eigenvalue weighted by molar-refractivity contribution is 5.98. The summed E-state index contributed by atoms with van der Waals surface area (Å²) in [6, 6.07) is 15.1. The number of benzene rings is 2. The summed E-state index contributed by atoms with van der Waals surface area (Å²) in [5.74, 6) is -0.794. The van der Waals surface area contributed by atoms with Crippen LogP contribution in [-0.2, 0) is 22.5 Å². The number of pyridine rings is 1.